The summed E-state index contributed by atoms with van der Waals surface area (Å²) in [6.07, 6.45) is 7.04. The Morgan fingerprint density at radius 3 is 2.66 bits per heavy atom. The zero-order valence-electron chi connectivity index (χ0n) is 19.1. The van der Waals surface area contributed by atoms with E-state index in [-0.39, 0.29) is 42.7 Å². The van der Waals surface area contributed by atoms with Crippen LogP contribution in [0.4, 0.5) is 4.39 Å². The summed E-state index contributed by atoms with van der Waals surface area (Å²) in [6.45, 7) is 0.777. The normalized spacial score (nSPS) is 21.5. The van der Waals surface area contributed by atoms with E-state index in [0.717, 1.165) is 18.4 Å². The number of amides is 2. The second kappa shape index (κ2) is 9.81. The number of aliphatic imine (C=N–C) groups is 1. The number of primary amides is 1. The Bertz CT molecular complexity index is 1180. The highest BCUT2D eigenvalue weighted by Gasteiger charge is 2.34. The van der Waals surface area contributed by atoms with Crippen LogP contribution in [0.3, 0.4) is 0 Å². The predicted molar refractivity (Wildman–Crippen MR) is 126 cm³/mol. The van der Waals surface area contributed by atoms with Crippen molar-refractivity contribution in [2.24, 2.45) is 10.7 Å². The van der Waals surface area contributed by atoms with Crippen molar-refractivity contribution in [3.05, 3.63) is 53.6 Å². The minimum atomic E-state index is -1.43. The summed E-state index contributed by atoms with van der Waals surface area (Å²) in [5, 5.41) is 0. The summed E-state index contributed by atoms with van der Waals surface area (Å²) in [5.74, 6) is -0.0774. The number of piperidine rings is 1. The number of halogens is 1. The van der Waals surface area contributed by atoms with Crippen molar-refractivity contribution in [3.63, 3.8) is 0 Å². The highest BCUT2D eigenvalue weighted by molar-refractivity contribution is 6.11. The Balaban J connectivity index is 1.18. The van der Waals surface area contributed by atoms with Crippen molar-refractivity contribution in [1.82, 2.24) is 14.9 Å². The molecule has 3 aliphatic rings. The van der Waals surface area contributed by atoms with Gasteiger partial charge in [0.1, 0.15) is 11.9 Å². The topological polar surface area (TPSA) is 120 Å². The molecule has 1 saturated heterocycles. The molecule has 0 spiro atoms. The third-order valence-electron chi connectivity index (χ3n) is 6.15. The lowest BCUT2D eigenvalue weighted by atomic mass is 10.0. The van der Waals surface area contributed by atoms with Gasteiger partial charge in [0.15, 0.2) is 11.9 Å². The molecule has 2 atom stereocenters. The van der Waals surface area contributed by atoms with Crippen molar-refractivity contribution in [2.45, 2.75) is 44.1 Å². The number of nitrogens with two attached hydrogens (primary N) is 1. The van der Waals surface area contributed by atoms with Crippen LogP contribution in [0.25, 0.3) is 5.57 Å². The summed E-state index contributed by atoms with van der Waals surface area (Å²) in [7, 11) is 0. The van der Waals surface area contributed by atoms with Crippen LogP contribution < -0.4 is 15.2 Å². The standard InChI is InChI=1S/C25H26FN5O4/c26-20-14-31(24(32)9-16-1-2-18(12-29-16)34-17-3-4-17)8-6-22(20)35-23-13-30-21(10-19(23)25(27)33)15-5-7-28-11-15/h1-2,5,10-13,17,20,22H,3-4,6-9,14H2,(H2,27,33)/t20-,22+/m0/s1. The number of hydrogen-bond donors (Lipinski definition) is 1. The second-order valence-corrected chi connectivity index (χ2v) is 8.86. The predicted octanol–water partition coefficient (Wildman–Crippen LogP) is 2.14. The Morgan fingerprint density at radius 1 is 1.14 bits per heavy atom. The minimum absolute atomic E-state index is 0.0817. The molecular formula is C25H26FN5O4. The van der Waals surface area contributed by atoms with Gasteiger partial charge in [0.2, 0.25) is 5.91 Å². The number of pyridine rings is 2. The molecule has 4 heterocycles. The molecular weight excluding hydrogens is 453 g/mol. The molecule has 2 fully saturated rings. The molecule has 0 bridgehead atoms. The number of hydrogen-bond acceptors (Lipinski definition) is 7. The van der Waals surface area contributed by atoms with Crippen LogP contribution in [-0.2, 0) is 11.2 Å². The van der Waals surface area contributed by atoms with E-state index in [4.69, 9.17) is 15.2 Å². The molecule has 2 aromatic rings. The molecule has 2 aromatic heterocycles. The van der Waals surface area contributed by atoms with Gasteiger partial charge in [-0.1, -0.05) is 6.08 Å². The number of nitrogens with zero attached hydrogens (tertiary/aromatic N) is 4. The minimum Gasteiger partial charge on any atom is -0.489 e. The average molecular weight is 480 g/mol. The quantitative estimate of drug-likeness (QED) is 0.620. The number of rotatable bonds is 8. The van der Waals surface area contributed by atoms with Gasteiger partial charge < -0.3 is 20.1 Å². The molecule has 1 saturated carbocycles. The van der Waals surface area contributed by atoms with Crippen LogP contribution >= 0.6 is 0 Å². The molecule has 5 rings (SSSR count). The van der Waals surface area contributed by atoms with Crippen LogP contribution in [0.5, 0.6) is 11.5 Å². The fourth-order valence-corrected chi connectivity index (χ4v) is 4.05. The number of allylic oxidation sites excluding steroid dienone is 1. The Hall–Kier alpha value is -3.82. The van der Waals surface area contributed by atoms with E-state index in [1.807, 2.05) is 6.08 Å². The van der Waals surface area contributed by atoms with Gasteiger partial charge in [-0.2, -0.15) is 0 Å². The van der Waals surface area contributed by atoms with Crippen molar-refractivity contribution in [2.75, 3.05) is 19.6 Å². The van der Waals surface area contributed by atoms with E-state index in [1.165, 1.54) is 17.2 Å². The number of carbonyl (C=O) groups is 2. The van der Waals surface area contributed by atoms with E-state index < -0.39 is 18.2 Å². The summed E-state index contributed by atoms with van der Waals surface area (Å²) in [6, 6.07) is 5.09. The number of ether oxygens (including phenoxy) is 2. The molecule has 9 nitrogen and oxygen atoms in total. The number of aromatic nitrogens is 2. The van der Waals surface area contributed by atoms with Gasteiger partial charge in [0.25, 0.3) is 5.91 Å². The first-order chi connectivity index (χ1) is 17.0. The third kappa shape index (κ3) is 5.47. The molecule has 1 aliphatic carbocycles. The molecule has 0 unspecified atom stereocenters. The number of likely N-dealkylation sites (tertiary alicyclic amines) is 1. The second-order valence-electron chi connectivity index (χ2n) is 8.86. The number of carbonyl (C=O) groups excluding carboxylic acids is 2. The smallest absolute Gasteiger partial charge is 0.252 e. The van der Waals surface area contributed by atoms with E-state index >= 15 is 4.39 Å². The fourth-order valence-electron chi connectivity index (χ4n) is 4.05. The Morgan fingerprint density at radius 2 is 2.00 bits per heavy atom. The van der Waals surface area contributed by atoms with Crippen molar-refractivity contribution >= 4 is 23.6 Å². The van der Waals surface area contributed by atoms with Gasteiger partial charge in [-0.3, -0.25) is 24.5 Å². The van der Waals surface area contributed by atoms with E-state index in [9.17, 15) is 9.59 Å². The van der Waals surface area contributed by atoms with Gasteiger partial charge in [-0.15, -0.1) is 0 Å². The van der Waals surface area contributed by atoms with Crippen LogP contribution in [0.1, 0.15) is 41.0 Å². The average Bonchev–Trinajstić information content (AvgIpc) is 3.49. The summed E-state index contributed by atoms with van der Waals surface area (Å²) in [5.41, 5.74) is 7.60. The number of alkyl halides is 1. The van der Waals surface area contributed by atoms with Crippen molar-refractivity contribution in [1.29, 1.82) is 0 Å². The van der Waals surface area contributed by atoms with Gasteiger partial charge in [-0.05, 0) is 31.0 Å². The van der Waals surface area contributed by atoms with Crippen molar-refractivity contribution < 1.29 is 23.5 Å². The lowest BCUT2D eigenvalue weighted by Gasteiger charge is -2.35. The highest BCUT2D eigenvalue weighted by Crippen LogP contribution is 2.28. The van der Waals surface area contributed by atoms with E-state index in [1.54, 1.807) is 24.5 Å². The first kappa shape index (κ1) is 22.9. The van der Waals surface area contributed by atoms with Crippen molar-refractivity contribution in [3.8, 4) is 11.5 Å². The molecule has 0 radical (unpaired) electrons. The van der Waals surface area contributed by atoms with Gasteiger partial charge in [0.05, 0.1) is 49.3 Å². The van der Waals surface area contributed by atoms with Gasteiger partial charge in [-0.25, -0.2) is 4.39 Å². The molecule has 2 aliphatic heterocycles. The molecule has 10 heteroatoms. The third-order valence-corrected chi connectivity index (χ3v) is 6.15. The lowest BCUT2D eigenvalue weighted by molar-refractivity contribution is -0.134. The Kier molecular flexibility index (Phi) is 6.43. The maximum absolute atomic E-state index is 15.0. The maximum Gasteiger partial charge on any atom is 0.252 e. The molecule has 35 heavy (non-hydrogen) atoms. The first-order valence-electron chi connectivity index (χ1n) is 11.7. The summed E-state index contributed by atoms with van der Waals surface area (Å²) in [4.78, 5) is 38.9. The monoisotopic (exact) mass is 479 g/mol. The first-order valence-corrected chi connectivity index (χ1v) is 11.7. The molecule has 0 aromatic carbocycles. The van der Waals surface area contributed by atoms with Crippen LogP contribution in [0.15, 0.2) is 41.7 Å². The Labute approximate surface area is 201 Å². The van der Waals surface area contributed by atoms with Gasteiger partial charge in [0, 0.05) is 30.4 Å². The maximum atomic E-state index is 15.0. The zero-order valence-corrected chi connectivity index (χ0v) is 19.1. The molecule has 2 N–H and O–H groups in total. The van der Waals surface area contributed by atoms with E-state index in [0.29, 0.717) is 30.2 Å². The van der Waals surface area contributed by atoms with Crippen LogP contribution in [0.2, 0.25) is 0 Å². The largest absolute Gasteiger partial charge is 0.489 e. The lowest BCUT2D eigenvalue weighted by Crippen LogP contribution is -2.49. The highest BCUT2D eigenvalue weighted by atomic mass is 19.1. The molecule has 182 valence electrons. The van der Waals surface area contributed by atoms with Gasteiger partial charge >= 0.3 is 0 Å². The molecule has 2 amide bonds. The van der Waals surface area contributed by atoms with Crippen LogP contribution in [-0.4, -0.2) is 70.9 Å². The fraction of sp³-hybridized carbons (Fsp3) is 0.400. The SMILES string of the molecule is NC(=O)c1cc(C2=CCN=C2)ncc1O[C@@H]1CCN(C(=O)Cc2ccc(OC3CC3)cn2)C[C@@H]1F. The van der Waals surface area contributed by atoms with E-state index in [2.05, 4.69) is 15.0 Å². The summed E-state index contributed by atoms with van der Waals surface area (Å²) >= 11 is 0. The zero-order chi connectivity index (χ0) is 24.4. The summed E-state index contributed by atoms with van der Waals surface area (Å²) < 4.78 is 26.5. The van der Waals surface area contributed by atoms with Crippen LogP contribution in [0, 0.1) is 0 Å².